The molecule has 0 aromatic rings. The average molecular weight is 229 g/mol. The summed E-state index contributed by atoms with van der Waals surface area (Å²) in [6.07, 6.45) is 9.39. The van der Waals surface area contributed by atoms with Gasteiger partial charge in [-0.3, -0.25) is 0 Å². The number of hydrogen-bond donors (Lipinski definition) is 0. The zero-order valence-corrected chi connectivity index (χ0v) is 8.80. The second kappa shape index (κ2) is 5.33. The number of rotatable bonds is 3. The molecule has 0 aromatic carbocycles. The first-order chi connectivity index (χ1) is 5.83. The van der Waals surface area contributed by atoms with Gasteiger partial charge in [-0.15, -0.1) is 0 Å². The summed E-state index contributed by atoms with van der Waals surface area (Å²) in [6, 6.07) is 0. The highest BCUT2D eigenvalue weighted by molar-refractivity contribution is 9.11. The molecule has 0 aromatic heterocycles. The fraction of sp³-hybridized carbons (Fsp3) is 0.400. The minimum absolute atomic E-state index is 0.712. The molecule has 0 saturated carbocycles. The van der Waals surface area contributed by atoms with Crippen molar-refractivity contribution in [2.24, 2.45) is 0 Å². The third kappa shape index (κ3) is 3.37. The van der Waals surface area contributed by atoms with Gasteiger partial charge in [0.2, 0.25) is 0 Å². The highest BCUT2D eigenvalue weighted by atomic mass is 79.9. The maximum Gasteiger partial charge on any atom is 0.0716 e. The first-order valence-electron chi connectivity index (χ1n) is 4.12. The summed E-state index contributed by atoms with van der Waals surface area (Å²) in [7, 11) is 0. The summed E-state index contributed by atoms with van der Waals surface area (Å²) in [5, 5.41) is 0. The van der Waals surface area contributed by atoms with E-state index in [0.717, 1.165) is 13.0 Å². The average Bonchev–Trinajstić information content (AvgIpc) is 2.27. The van der Waals surface area contributed by atoms with Crippen LogP contribution in [-0.2, 0) is 4.74 Å². The molecule has 0 amide bonds. The summed E-state index contributed by atoms with van der Waals surface area (Å²) in [5.41, 5.74) is 1.23. The van der Waals surface area contributed by atoms with Crippen molar-refractivity contribution in [3.63, 3.8) is 0 Å². The van der Waals surface area contributed by atoms with E-state index in [2.05, 4.69) is 40.2 Å². The lowest BCUT2D eigenvalue weighted by Crippen LogP contribution is -1.94. The summed E-state index contributed by atoms with van der Waals surface area (Å²) in [4.78, 5) is 0. The summed E-state index contributed by atoms with van der Waals surface area (Å²) in [6.45, 7) is 3.49. The number of ether oxygens (including phenoxy) is 1. The predicted octanol–water partition coefficient (Wildman–Crippen LogP) is 3.19. The maximum atomic E-state index is 5.30. The Labute approximate surface area is 81.9 Å². The molecular weight excluding hydrogens is 216 g/mol. The van der Waals surface area contributed by atoms with Crippen molar-refractivity contribution in [3.05, 3.63) is 34.4 Å². The van der Waals surface area contributed by atoms with Gasteiger partial charge in [0.25, 0.3) is 0 Å². The summed E-state index contributed by atoms with van der Waals surface area (Å²) in [5.74, 6) is 0. The lowest BCUT2D eigenvalue weighted by Gasteiger charge is -1.99. The Balaban J connectivity index is 2.52. The third-order valence-corrected chi connectivity index (χ3v) is 2.18. The van der Waals surface area contributed by atoms with Crippen molar-refractivity contribution in [1.82, 2.24) is 0 Å². The molecule has 1 rings (SSSR count). The molecule has 0 atom stereocenters. The molecule has 0 saturated heterocycles. The second-order valence-corrected chi connectivity index (χ2v) is 3.62. The quantitative estimate of drug-likeness (QED) is 0.722. The van der Waals surface area contributed by atoms with E-state index in [9.17, 15) is 0 Å². The van der Waals surface area contributed by atoms with Crippen molar-refractivity contribution in [3.8, 4) is 0 Å². The van der Waals surface area contributed by atoms with Crippen molar-refractivity contribution in [2.45, 2.75) is 13.3 Å². The zero-order valence-electron chi connectivity index (χ0n) is 7.22. The Morgan fingerprint density at radius 3 is 3.08 bits per heavy atom. The van der Waals surface area contributed by atoms with Gasteiger partial charge in [-0.1, -0.05) is 40.2 Å². The molecule has 66 valence electrons. The van der Waals surface area contributed by atoms with E-state index in [1.54, 1.807) is 0 Å². The standard InChI is InChI=1S/C10H13BrO/c1-2-12-8-9-4-3-5-10(11)7-6-9/h3-4,6-7H,2,5,8H2,1H3. The molecule has 0 fully saturated rings. The van der Waals surface area contributed by atoms with Crippen LogP contribution in [-0.4, -0.2) is 13.2 Å². The number of allylic oxidation sites excluding steroid dienone is 4. The van der Waals surface area contributed by atoms with Crippen LogP contribution in [0.1, 0.15) is 13.3 Å². The van der Waals surface area contributed by atoms with E-state index < -0.39 is 0 Å². The van der Waals surface area contributed by atoms with E-state index >= 15 is 0 Å². The van der Waals surface area contributed by atoms with Gasteiger partial charge in [-0.2, -0.15) is 0 Å². The highest BCUT2D eigenvalue weighted by Gasteiger charge is 1.95. The molecule has 0 unspecified atom stereocenters. The van der Waals surface area contributed by atoms with E-state index in [0.29, 0.717) is 6.61 Å². The topological polar surface area (TPSA) is 9.23 Å². The minimum atomic E-state index is 0.712. The molecule has 1 aliphatic rings. The lowest BCUT2D eigenvalue weighted by atomic mass is 10.2. The molecule has 0 aliphatic heterocycles. The van der Waals surface area contributed by atoms with E-state index in [4.69, 9.17) is 4.74 Å². The van der Waals surface area contributed by atoms with Crippen LogP contribution in [0.5, 0.6) is 0 Å². The SMILES string of the molecule is CCOCC1=CC=C(Br)CC=C1. The molecule has 12 heavy (non-hydrogen) atoms. The Hall–Kier alpha value is -0.340. The van der Waals surface area contributed by atoms with Crippen LogP contribution >= 0.6 is 15.9 Å². The zero-order chi connectivity index (χ0) is 8.81. The number of halogens is 1. The van der Waals surface area contributed by atoms with Crippen LogP contribution in [0.2, 0.25) is 0 Å². The summed E-state index contributed by atoms with van der Waals surface area (Å²) < 4.78 is 6.51. The molecule has 0 radical (unpaired) electrons. The molecule has 0 N–H and O–H groups in total. The minimum Gasteiger partial charge on any atom is -0.377 e. The maximum absolute atomic E-state index is 5.30. The van der Waals surface area contributed by atoms with Gasteiger partial charge in [0.15, 0.2) is 0 Å². The highest BCUT2D eigenvalue weighted by Crippen LogP contribution is 2.16. The van der Waals surface area contributed by atoms with E-state index in [1.807, 2.05) is 6.92 Å². The second-order valence-electron chi connectivity index (χ2n) is 2.60. The lowest BCUT2D eigenvalue weighted by molar-refractivity contribution is 0.173. The molecule has 2 heteroatoms. The van der Waals surface area contributed by atoms with Crippen LogP contribution in [0.25, 0.3) is 0 Å². The van der Waals surface area contributed by atoms with Gasteiger partial charge in [-0.05, 0) is 23.4 Å². The van der Waals surface area contributed by atoms with Crippen molar-refractivity contribution >= 4 is 15.9 Å². The van der Waals surface area contributed by atoms with Crippen LogP contribution in [0.4, 0.5) is 0 Å². The van der Waals surface area contributed by atoms with Crippen LogP contribution in [0.3, 0.4) is 0 Å². The van der Waals surface area contributed by atoms with Crippen molar-refractivity contribution in [2.75, 3.05) is 13.2 Å². The monoisotopic (exact) mass is 228 g/mol. The fourth-order valence-corrected chi connectivity index (χ4v) is 1.28. The van der Waals surface area contributed by atoms with Crippen LogP contribution in [0, 0.1) is 0 Å². The van der Waals surface area contributed by atoms with Gasteiger partial charge < -0.3 is 4.74 Å². The Morgan fingerprint density at radius 2 is 2.33 bits per heavy atom. The van der Waals surface area contributed by atoms with Gasteiger partial charge in [-0.25, -0.2) is 0 Å². The fourth-order valence-electron chi connectivity index (χ4n) is 0.960. The smallest absolute Gasteiger partial charge is 0.0716 e. The summed E-state index contributed by atoms with van der Waals surface area (Å²) >= 11 is 3.46. The molecule has 0 bridgehead atoms. The van der Waals surface area contributed by atoms with Gasteiger partial charge in [0, 0.05) is 6.61 Å². The van der Waals surface area contributed by atoms with Crippen LogP contribution in [0.15, 0.2) is 34.4 Å². The first-order valence-corrected chi connectivity index (χ1v) is 4.91. The van der Waals surface area contributed by atoms with Gasteiger partial charge in [0.05, 0.1) is 6.61 Å². The predicted molar refractivity (Wildman–Crippen MR) is 55.3 cm³/mol. The Morgan fingerprint density at radius 1 is 1.50 bits per heavy atom. The van der Waals surface area contributed by atoms with Gasteiger partial charge >= 0.3 is 0 Å². The normalized spacial score (nSPS) is 16.8. The molecule has 1 aliphatic carbocycles. The van der Waals surface area contributed by atoms with Crippen molar-refractivity contribution < 1.29 is 4.74 Å². The molecule has 1 nitrogen and oxygen atoms in total. The van der Waals surface area contributed by atoms with E-state index in [1.165, 1.54) is 10.1 Å². The third-order valence-electron chi connectivity index (χ3n) is 1.60. The largest absolute Gasteiger partial charge is 0.377 e. The van der Waals surface area contributed by atoms with Crippen LogP contribution < -0.4 is 0 Å². The molecule has 0 heterocycles. The Bertz CT molecular complexity index is 226. The Kier molecular flexibility index (Phi) is 4.33. The van der Waals surface area contributed by atoms with Crippen molar-refractivity contribution in [1.29, 1.82) is 0 Å². The van der Waals surface area contributed by atoms with Gasteiger partial charge in [0.1, 0.15) is 0 Å². The van der Waals surface area contributed by atoms with E-state index in [-0.39, 0.29) is 0 Å². The molecular formula is C10H13BrO. The first kappa shape index (κ1) is 9.75. The number of hydrogen-bond acceptors (Lipinski definition) is 1. The molecule has 0 spiro atoms.